The van der Waals surface area contributed by atoms with Gasteiger partial charge in [-0.3, -0.25) is 4.98 Å². The maximum atomic E-state index is 9.15. The number of hydrogen-bond acceptors (Lipinski definition) is 3. The van der Waals surface area contributed by atoms with E-state index in [-0.39, 0.29) is 0 Å². The fourth-order valence-corrected chi connectivity index (χ4v) is 2.31. The summed E-state index contributed by atoms with van der Waals surface area (Å²) in [6.07, 6.45) is 2.54. The lowest BCUT2D eigenvalue weighted by Gasteiger charge is -2.10. The highest BCUT2D eigenvalue weighted by atomic mass is 16.5. The van der Waals surface area contributed by atoms with Gasteiger partial charge in [0.1, 0.15) is 5.75 Å². The molecule has 3 rings (SSSR count). The molecular formula is C18H14N2O. The summed E-state index contributed by atoms with van der Waals surface area (Å²) < 4.78 is 5.87. The second kappa shape index (κ2) is 6.06. The summed E-state index contributed by atoms with van der Waals surface area (Å²) in [6.45, 7) is 0.562. The molecule has 0 aliphatic heterocycles. The van der Waals surface area contributed by atoms with E-state index in [1.807, 2.05) is 48.5 Å². The lowest BCUT2D eigenvalue weighted by Crippen LogP contribution is -2.03. The van der Waals surface area contributed by atoms with Crippen molar-refractivity contribution in [2.24, 2.45) is 0 Å². The van der Waals surface area contributed by atoms with Crippen LogP contribution >= 0.6 is 0 Å². The Balaban J connectivity index is 1.80. The van der Waals surface area contributed by atoms with Gasteiger partial charge in [0.25, 0.3) is 0 Å². The Hall–Kier alpha value is -2.86. The van der Waals surface area contributed by atoms with E-state index >= 15 is 0 Å². The van der Waals surface area contributed by atoms with Gasteiger partial charge in [-0.15, -0.1) is 0 Å². The van der Waals surface area contributed by atoms with Crippen molar-refractivity contribution >= 4 is 10.8 Å². The van der Waals surface area contributed by atoms with Crippen LogP contribution in [0.3, 0.4) is 0 Å². The topological polar surface area (TPSA) is 45.9 Å². The van der Waals surface area contributed by atoms with Gasteiger partial charge in [0.2, 0.25) is 0 Å². The van der Waals surface area contributed by atoms with Crippen molar-refractivity contribution in [3.8, 4) is 11.8 Å². The SMILES string of the molecule is N#Cc1ccc(OCCc2ccccn2)c2ccccc12. The van der Waals surface area contributed by atoms with Crippen molar-refractivity contribution in [2.75, 3.05) is 6.61 Å². The summed E-state index contributed by atoms with van der Waals surface area (Å²) in [5.74, 6) is 0.806. The maximum absolute atomic E-state index is 9.15. The zero-order valence-corrected chi connectivity index (χ0v) is 11.5. The quantitative estimate of drug-likeness (QED) is 0.728. The number of pyridine rings is 1. The smallest absolute Gasteiger partial charge is 0.127 e. The molecule has 0 atom stereocenters. The number of ether oxygens (including phenoxy) is 1. The van der Waals surface area contributed by atoms with E-state index in [0.29, 0.717) is 12.2 Å². The van der Waals surface area contributed by atoms with Gasteiger partial charge in [0.15, 0.2) is 0 Å². The van der Waals surface area contributed by atoms with Gasteiger partial charge in [0, 0.05) is 29.1 Å². The largest absolute Gasteiger partial charge is 0.493 e. The second-order valence-corrected chi connectivity index (χ2v) is 4.69. The van der Waals surface area contributed by atoms with E-state index in [1.54, 1.807) is 12.3 Å². The van der Waals surface area contributed by atoms with E-state index in [2.05, 4.69) is 11.1 Å². The van der Waals surface area contributed by atoms with E-state index in [0.717, 1.165) is 28.6 Å². The highest BCUT2D eigenvalue weighted by molar-refractivity contribution is 5.92. The average molecular weight is 274 g/mol. The van der Waals surface area contributed by atoms with E-state index < -0.39 is 0 Å². The zero-order chi connectivity index (χ0) is 14.5. The number of fused-ring (bicyclic) bond motifs is 1. The van der Waals surface area contributed by atoms with Crippen LogP contribution in [-0.2, 0) is 6.42 Å². The number of nitriles is 1. The number of hydrogen-bond donors (Lipinski definition) is 0. The first-order valence-corrected chi connectivity index (χ1v) is 6.83. The Kier molecular flexibility index (Phi) is 3.79. The molecule has 3 nitrogen and oxygen atoms in total. The summed E-state index contributed by atoms with van der Waals surface area (Å²) in [5, 5.41) is 11.0. The van der Waals surface area contributed by atoms with E-state index in [9.17, 15) is 0 Å². The number of aromatic nitrogens is 1. The minimum atomic E-state index is 0.562. The van der Waals surface area contributed by atoms with Crippen LogP contribution in [0.5, 0.6) is 5.75 Å². The highest BCUT2D eigenvalue weighted by Gasteiger charge is 2.06. The van der Waals surface area contributed by atoms with Gasteiger partial charge < -0.3 is 4.74 Å². The molecule has 0 saturated carbocycles. The third-order valence-corrected chi connectivity index (χ3v) is 3.35. The van der Waals surface area contributed by atoms with Crippen LogP contribution in [0.1, 0.15) is 11.3 Å². The van der Waals surface area contributed by atoms with Crippen LogP contribution in [0, 0.1) is 11.3 Å². The number of rotatable bonds is 4. The van der Waals surface area contributed by atoms with Crippen LogP contribution in [-0.4, -0.2) is 11.6 Å². The van der Waals surface area contributed by atoms with Gasteiger partial charge in [-0.05, 0) is 24.3 Å². The minimum Gasteiger partial charge on any atom is -0.493 e. The van der Waals surface area contributed by atoms with Gasteiger partial charge in [-0.25, -0.2) is 0 Å². The first-order chi connectivity index (χ1) is 10.4. The molecule has 1 aromatic heterocycles. The molecule has 0 aliphatic rings. The molecule has 2 aromatic carbocycles. The van der Waals surface area contributed by atoms with Gasteiger partial charge in [-0.2, -0.15) is 5.26 Å². The molecule has 102 valence electrons. The highest BCUT2D eigenvalue weighted by Crippen LogP contribution is 2.28. The molecule has 0 radical (unpaired) electrons. The Morgan fingerprint density at radius 3 is 2.52 bits per heavy atom. The summed E-state index contributed by atoms with van der Waals surface area (Å²) >= 11 is 0. The molecule has 0 spiro atoms. The van der Waals surface area contributed by atoms with Gasteiger partial charge in [-0.1, -0.05) is 30.3 Å². The first kappa shape index (κ1) is 13.1. The summed E-state index contributed by atoms with van der Waals surface area (Å²) in [5.41, 5.74) is 1.68. The second-order valence-electron chi connectivity index (χ2n) is 4.69. The Bertz CT molecular complexity index is 791. The fourth-order valence-electron chi connectivity index (χ4n) is 2.31. The van der Waals surface area contributed by atoms with Crippen LogP contribution in [0.2, 0.25) is 0 Å². The standard InChI is InChI=1S/C18H14N2O/c19-13-14-8-9-18(17-7-2-1-6-16(14)17)21-12-10-15-5-3-4-11-20-15/h1-9,11H,10,12H2. The Labute approximate surface area is 123 Å². The Morgan fingerprint density at radius 1 is 0.952 bits per heavy atom. The predicted octanol–water partition coefficient (Wildman–Crippen LogP) is 3.73. The molecule has 3 aromatic rings. The van der Waals surface area contributed by atoms with Crippen LogP contribution < -0.4 is 4.74 Å². The summed E-state index contributed by atoms with van der Waals surface area (Å²) in [7, 11) is 0. The summed E-state index contributed by atoms with van der Waals surface area (Å²) in [4.78, 5) is 4.28. The van der Waals surface area contributed by atoms with Gasteiger partial charge >= 0.3 is 0 Å². The molecule has 0 amide bonds. The van der Waals surface area contributed by atoms with Crippen LogP contribution in [0.25, 0.3) is 10.8 Å². The first-order valence-electron chi connectivity index (χ1n) is 6.83. The lowest BCUT2D eigenvalue weighted by molar-refractivity contribution is 0.324. The lowest BCUT2D eigenvalue weighted by atomic mass is 10.0. The molecule has 1 heterocycles. The van der Waals surface area contributed by atoms with Crippen molar-refractivity contribution in [1.82, 2.24) is 4.98 Å². The monoisotopic (exact) mass is 274 g/mol. The van der Waals surface area contributed by atoms with Crippen molar-refractivity contribution in [2.45, 2.75) is 6.42 Å². The van der Waals surface area contributed by atoms with Crippen molar-refractivity contribution < 1.29 is 4.74 Å². The van der Waals surface area contributed by atoms with E-state index in [1.165, 1.54) is 0 Å². The molecule has 0 bridgehead atoms. The van der Waals surface area contributed by atoms with Gasteiger partial charge in [0.05, 0.1) is 18.2 Å². The zero-order valence-electron chi connectivity index (χ0n) is 11.5. The molecule has 0 saturated heterocycles. The molecule has 0 fully saturated rings. The third kappa shape index (κ3) is 2.85. The van der Waals surface area contributed by atoms with Crippen molar-refractivity contribution in [3.05, 3.63) is 72.1 Å². The molecule has 21 heavy (non-hydrogen) atoms. The fraction of sp³-hybridized carbons (Fsp3) is 0.111. The molecule has 3 heteroatoms. The molecule has 0 unspecified atom stereocenters. The number of benzene rings is 2. The van der Waals surface area contributed by atoms with Crippen LogP contribution in [0.4, 0.5) is 0 Å². The van der Waals surface area contributed by atoms with Crippen LogP contribution in [0.15, 0.2) is 60.8 Å². The van der Waals surface area contributed by atoms with Crippen molar-refractivity contribution in [1.29, 1.82) is 5.26 Å². The maximum Gasteiger partial charge on any atom is 0.127 e. The molecular weight excluding hydrogens is 260 g/mol. The van der Waals surface area contributed by atoms with E-state index in [4.69, 9.17) is 10.00 Å². The normalized spacial score (nSPS) is 10.2. The predicted molar refractivity (Wildman–Crippen MR) is 82.1 cm³/mol. The number of nitrogens with zero attached hydrogens (tertiary/aromatic N) is 2. The Morgan fingerprint density at radius 2 is 1.76 bits per heavy atom. The van der Waals surface area contributed by atoms with Crippen molar-refractivity contribution in [3.63, 3.8) is 0 Å². The summed E-state index contributed by atoms with van der Waals surface area (Å²) in [6, 6.07) is 19.5. The minimum absolute atomic E-state index is 0.562. The molecule has 0 aliphatic carbocycles. The molecule has 0 N–H and O–H groups in total. The average Bonchev–Trinajstić information content (AvgIpc) is 2.56. The third-order valence-electron chi connectivity index (χ3n) is 3.35.